The first-order valence-electron chi connectivity index (χ1n) is 7.06. The summed E-state index contributed by atoms with van der Waals surface area (Å²) < 4.78 is 0. The summed E-state index contributed by atoms with van der Waals surface area (Å²) in [5.74, 6) is 0.623. The minimum Gasteiger partial charge on any atom is -0.330 e. The number of nitrogens with zero attached hydrogens (tertiary/aromatic N) is 4. The monoisotopic (exact) mass is 297 g/mol. The number of hydrogen-bond acceptors (Lipinski definition) is 4. The van der Waals surface area contributed by atoms with Crippen LogP contribution in [0, 0.1) is 0 Å². The maximum Gasteiger partial charge on any atom is 0.104 e. The topological polar surface area (TPSA) is 57.2 Å². The number of nitrogens with one attached hydrogen (secondary N) is 1. The molecule has 0 saturated heterocycles. The van der Waals surface area contributed by atoms with Crippen LogP contribution in [0.5, 0.6) is 0 Å². The van der Waals surface area contributed by atoms with Crippen molar-refractivity contribution < 1.29 is 4.90 Å². The summed E-state index contributed by atoms with van der Waals surface area (Å²) in [6, 6.07) is 10.5. The number of rotatable bonds is 3. The Kier molecular flexibility index (Phi) is 3.25. The summed E-state index contributed by atoms with van der Waals surface area (Å²) in [4.78, 5) is 3.14. The molecule has 1 N–H and O–H groups in total. The Bertz CT molecular complexity index is 734. The fourth-order valence-electron chi connectivity index (χ4n) is 2.96. The minimum absolute atomic E-state index is 0.623. The minimum atomic E-state index is 0.623. The van der Waals surface area contributed by atoms with Gasteiger partial charge in [-0.3, -0.25) is 10.3 Å². The molecule has 0 saturated carbocycles. The van der Waals surface area contributed by atoms with Gasteiger partial charge in [0.05, 0.1) is 6.54 Å². The van der Waals surface area contributed by atoms with Gasteiger partial charge in [0.15, 0.2) is 0 Å². The van der Waals surface area contributed by atoms with Crippen LogP contribution >= 0.6 is 11.3 Å². The van der Waals surface area contributed by atoms with Crippen molar-refractivity contribution in [3.63, 3.8) is 0 Å². The van der Waals surface area contributed by atoms with Crippen molar-refractivity contribution in [1.82, 2.24) is 20.6 Å². The van der Waals surface area contributed by atoms with Crippen molar-refractivity contribution in [2.24, 2.45) is 0 Å². The third kappa shape index (κ3) is 2.48. The van der Waals surface area contributed by atoms with E-state index >= 15 is 0 Å². The molecule has 2 aromatic heterocycles. The Morgan fingerprint density at radius 3 is 3.10 bits per heavy atom. The molecule has 6 heteroatoms. The molecule has 0 spiro atoms. The fourth-order valence-corrected chi connectivity index (χ4v) is 3.87. The summed E-state index contributed by atoms with van der Waals surface area (Å²) in [5.41, 5.74) is 3.82. The zero-order valence-corrected chi connectivity index (χ0v) is 12.3. The van der Waals surface area contributed by atoms with Gasteiger partial charge >= 0.3 is 0 Å². The fraction of sp³-hybridized carbons (Fsp3) is 0.267. The van der Waals surface area contributed by atoms with Crippen molar-refractivity contribution in [3.05, 3.63) is 51.7 Å². The average Bonchev–Trinajstić information content (AvgIpc) is 3.19. The number of quaternary nitrogens is 1. The van der Waals surface area contributed by atoms with Crippen LogP contribution in [0.15, 0.2) is 35.7 Å². The molecule has 1 atom stereocenters. The van der Waals surface area contributed by atoms with Gasteiger partial charge in [-0.2, -0.15) is 5.21 Å². The highest BCUT2D eigenvalue weighted by atomic mass is 32.1. The van der Waals surface area contributed by atoms with Crippen molar-refractivity contribution >= 4 is 11.3 Å². The van der Waals surface area contributed by atoms with E-state index in [-0.39, 0.29) is 0 Å². The SMILES string of the molecule is c1ccc(-c2nnn[n-]2)c(C[NH+]2CCc3sccc3C2)c1. The Labute approximate surface area is 126 Å². The quantitative estimate of drug-likeness (QED) is 0.773. The summed E-state index contributed by atoms with van der Waals surface area (Å²) in [7, 11) is 0. The second-order valence-corrected chi connectivity index (χ2v) is 6.33. The lowest BCUT2D eigenvalue weighted by atomic mass is 10.0. The molecule has 1 unspecified atom stereocenters. The van der Waals surface area contributed by atoms with Gasteiger partial charge in [-0.05, 0) is 17.0 Å². The van der Waals surface area contributed by atoms with E-state index in [0.717, 1.165) is 18.7 Å². The maximum atomic E-state index is 3.99. The lowest BCUT2D eigenvalue weighted by Gasteiger charge is -2.24. The summed E-state index contributed by atoms with van der Waals surface area (Å²) in [6.45, 7) is 3.27. The molecule has 0 bridgehead atoms. The molecule has 3 aromatic rings. The van der Waals surface area contributed by atoms with Gasteiger partial charge in [0.1, 0.15) is 13.1 Å². The molecule has 21 heavy (non-hydrogen) atoms. The molecule has 5 nitrogen and oxygen atoms in total. The summed E-state index contributed by atoms with van der Waals surface area (Å²) in [6.07, 6.45) is 1.18. The van der Waals surface area contributed by atoms with Crippen LogP contribution in [0.3, 0.4) is 0 Å². The molecule has 1 aliphatic rings. The van der Waals surface area contributed by atoms with Crippen LogP contribution in [0.1, 0.15) is 16.0 Å². The Hall–Kier alpha value is -2.05. The lowest BCUT2D eigenvalue weighted by molar-refractivity contribution is -0.929. The van der Waals surface area contributed by atoms with E-state index in [1.54, 1.807) is 9.78 Å². The predicted molar refractivity (Wildman–Crippen MR) is 79.8 cm³/mol. The second-order valence-electron chi connectivity index (χ2n) is 5.33. The van der Waals surface area contributed by atoms with E-state index in [1.807, 2.05) is 23.5 Å². The largest absolute Gasteiger partial charge is 0.330 e. The maximum absolute atomic E-state index is 3.99. The van der Waals surface area contributed by atoms with Crippen LogP contribution in [0.2, 0.25) is 0 Å². The van der Waals surface area contributed by atoms with Gasteiger partial charge < -0.3 is 10.00 Å². The first-order chi connectivity index (χ1) is 10.4. The van der Waals surface area contributed by atoms with Crippen LogP contribution < -0.4 is 10.00 Å². The van der Waals surface area contributed by atoms with Crippen molar-refractivity contribution in [2.75, 3.05) is 6.54 Å². The number of thiophene rings is 1. The molecular formula is C15H15N5S. The molecule has 0 aliphatic carbocycles. The van der Waals surface area contributed by atoms with Crippen LogP contribution in [0.25, 0.3) is 11.4 Å². The van der Waals surface area contributed by atoms with E-state index in [4.69, 9.17) is 0 Å². The van der Waals surface area contributed by atoms with Gasteiger partial charge in [-0.15, -0.1) is 11.3 Å². The van der Waals surface area contributed by atoms with Gasteiger partial charge in [-0.25, -0.2) is 0 Å². The third-order valence-corrected chi connectivity index (χ3v) is 5.02. The molecular weight excluding hydrogens is 282 g/mol. The number of hydrogen-bond donors (Lipinski definition) is 1. The van der Waals surface area contributed by atoms with E-state index < -0.39 is 0 Å². The van der Waals surface area contributed by atoms with Gasteiger partial charge in [-0.1, -0.05) is 24.3 Å². The lowest BCUT2D eigenvalue weighted by Crippen LogP contribution is -3.10. The van der Waals surface area contributed by atoms with Crippen LogP contribution in [-0.4, -0.2) is 22.1 Å². The number of benzene rings is 1. The standard InChI is InChI=1S/C15H14N5S/c1-2-4-13(15-16-18-19-17-15)11(3-1)9-20-7-5-14-12(10-20)6-8-21-14/h1-4,6,8H,5,7,9-10H2/q-1/p+1. The Morgan fingerprint density at radius 1 is 1.24 bits per heavy atom. The molecule has 0 amide bonds. The highest BCUT2D eigenvalue weighted by Gasteiger charge is 2.21. The van der Waals surface area contributed by atoms with Gasteiger partial charge in [0.2, 0.25) is 0 Å². The average molecular weight is 297 g/mol. The van der Waals surface area contributed by atoms with Gasteiger partial charge in [0, 0.05) is 28.2 Å². The zero-order chi connectivity index (χ0) is 14.1. The van der Waals surface area contributed by atoms with Crippen molar-refractivity contribution in [2.45, 2.75) is 19.5 Å². The third-order valence-electron chi connectivity index (χ3n) is 4.00. The highest BCUT2D eigenvalue weighted by molar-refractivity contribution is 7.10. The molecule has 0 radical (unpaired) electrons. The molecule has 0 fully saturated rings. The summed E-state index contributed by atoms with van der Waals surface area (Å²) >= 11 is 1.89. The molecule has 1 aromatic carbocycles. The first-order valence-corrected chi connectivity index (χ1v) is 7.94. The van der Waals surface area contributed by atoms with Crippen molar-refractivity contribution in [3.8, 4) is 11.4 Å². The second kappa shape index (κ2) is 5.38. The first kappa shape index (κ1) is 12.7. The predicted octanol–water partition coefficient (Wildman–Crippen LogP) is 0.698. The van der Waals surface area contributed by atoms with Crippen LogP contribution in [-0.2, 0) is 19.5 Å². The molecule has 3 heterocycles. The number of fused-ring (bicyclic) bond motifs is 1. The normalized spacial score (nSPS) is 17.6. The number of tetrazole rings is 1. The molecule has 4 rings (SSSR count). The van der Waals surface area contributed by atoms with E-state index in [1.165, 1.54) is 24.1 Å². The zero-order valence-electron chi connectivity index (χ0n) is 11.5. The highest BCUT2D eigenvalue weighted by Crippen LogP contribution is 2.20. The number of aromatic nitrogens is 4. The Morgan fingerprint density at radius 2 is 2.19 bits per heavy atom. The Balaban J connectivity index is 1.58. The van der Waals surface area contributed by atoms with E-state index in [9.17, 15) is 0 Å². The summed E-state index contributed by atoms with van der Waals surface area (Å²) in [5, 5.41) is 17.4. The van der Waals surface area contributed by atoms with Crippen molar-refractivity contribution in [1.29, 1.82) is 0 Å². The van der Waals surface area contributed by atoms with E-state index in [0.29, 0.717) is 5.82 Å². The van der Waals surface area contributed by atoms with E-state index in [2.05, 4.69) is 44.2 Å². The molecule has 1 aliphatic heterocycles. The molecule has 106 valence electrons. The smallest absolute Gasteiger partial charge is 0.104 e. The van der Waals surface area contributed by atoms with Gasteiger partial charge in [0.25, 0.3) is 0 Å². The van der Waals surface area contributed by atoms with Crippen LogP contribution in [0.4, 0.5) is 0 Å².